The first kappa shape index (κ1) is 24.1. The normalized spacial score (nSPS) is 14.4. The van der Waals surface area contributed by atoms with Gasteiger partial charge in [-0.25, -0.2) is 4.98 Å². The number of aromatic amines is 1. The van der Waals surface area contributed by atoms with Crippen LogP contribution in [0.2, 0.25) is 0 Å². The van der Waals surface area contributed by atoms with Gasteiger partial charge in [-0.2, -0.15) is 13.2 Å². The van der Waals surface area contributed by atoms with Crippen molar-refractivity contribution in [3.8, 4) is 28.3 Å². The van der Waals surface area contributed by atoms with Crippen LogP contribution >= 0.6 is 0 Å². The molecule has 5 aromatic rings. The van der Waals surface area contributed by atoms with Crippen LogP contribution in [-0.4, -0.2) is 47.7 Å². The summed E-state index contributed by atoms with van der Waals surface area (Å²) in [6, 6.07) is 17.4. The van der Waals surface area contributed by atoms with E-state index in [0.717, 1.165) is 22.9 Å². The van der Waals surface area contributed by atoms with Crippen LogP contribution in [0.1, 0.15) is 5.56 Å². The second kappa shape index (κ2) is 9.21. The zero-order chi connectivity index (χ0) is 26.4. The van der Waals surface area contributed by atoms with Crippen molar-refractivity contribution in [1.29, 1.82) is 0 Å². The molecule has 0 spiro atoms. The lowest BCUT2D eigenvalue weighted by molar-refractivity contribution is -0.137. The van der Waals surface area contributed by atoms with E-state index < -0.39 is 11.7 Å². The Balaban J connectivity index is 1.54. The number of fused-ring (bicyclic) bond motifs is 3. The summed E-state index contributed by atoms with van der Waals surface area (Å²) in [6.07, 6.45) is -3.16. The summed E-state index contributed by atoms with van der Waals surface area (Å²) in [5.74, 6) is 0.989. The summed E-state index contributed by atoms with van der Waals surface area (Å²) in [7, 11) is 1.60. The van der Waals surface area contributed by atoms with E-state index in [1.165, 1.54) is 12.3 Å². The summed E-state index contributed by atoms with van der Waals surface area (Å²) in [5.41, 5.74) is 2.55. The number of piperazine rings is 1. The fraction of sp³-hybridized carbons (Fsp3) is 0.214. The molecule has 0 amide bonds. The number of methoxy groups -OCH3 is 1. The second-order valence-electron chi connectivity index (χ2n) is 9.18. The van der Waals surface area contributed by atoms with E-state index in [2.05, 4.69) is 15.3 Å². The molecular formula is C28H24F3N5O2. The number of H-pyrrole nitrogens is 1. The zero-order valence-electron chi connectivity index (χ0n) is 20.5. The van der Waals surface area contributed by atoms with E-state index in [9.17, 15) is 18.0 Å². The summed E-state index contributed by atoms with van der Waals surface area (Å²) >= 11 is 0. The lowest BCUT2D eigenvalue weighted by atomic mass is 10.0. The third-order valence-electron chi connectivity index (χ3n) is 6.92. The molecule has 1 aliphatic rings. The number of anilines is 1. The Morgan fingerprint density at radius 1 is 0.895 bits per heavy atom. The minimum atomic E-state index is -4.55. The molecule has 7 nitrogen and oxygen atoms in total. The number of nitrogens with zero attached hydrogens (tertiary/aromatic N) is 3. The number of benzene rings is 3. The monoisotopic (exact) mass is 519 g/mol. The molecule has 0 bridgehead atoms. The van der Waals surface area contributed by atoms with Crippen molar-refractivity contribution in [2.45, 2.75) is 6.18 Å². The molecule has 1 aliphatic heterocycles. The maximum Gasteiger partial charge on any atom is 0.418 e. The highest BCUT2D eigenvalue weighted by molar-refractivity contribution is 5.86. The van der Waals surface area contributed by atoms with Gasteiger partial charge < -0.3 is 19.9 Å². The van der Waals surface area contributed by atoms with Crippen LogP contribution in [-0.2, 0) is 6.18 Å². The molecule has 0 aliphatic carbocycles. The summed E-state index contributed by atoms with van der Waals surface area (Å²) < 4.78 is 49.5. The maximum absolute atomic E-state index is 14.2. The second-order valence-corrected chi connectivity index (χ2v) is 9.18. The number of hydrogen-bond acceptors (Lipinski definition) is 5. The maximum atomic E-state index is 14.2. The minimum absolute atomic E-state index is 0.146. The third-order valence-corrected chi connectivity index (χ3v) is 6.92. The van der Waals surface area contributed by atoms with Gasteiger partial charge in [0.25, 0.3) is 5.56 Å². The van der Waals surface area contributed by atoms with Gasteiger partial charge in [0.1, 0.15) is 17.1 Å². The Kier molecular flexibility index (Phi) is 5.83. The molecule has 1 saturated heterocycles. The zero-order valence-corrected chi connectivity index (χ0v) is 20.5. The van der Waals surface area contributed by atoms with Crippen molar-refractivity contribution in [3.05, 3.63) is 82.8 Å². The van der Waals surface area contributed by atoms with Crippen LogP contribution in [0.15, 0.2) is 71.7 Å². The number of imidazole rings is 1. The number of aromatic nitrogens is 3. The Morgan fingerprint density at radius 2 is 1.61 bits per heavy atom. The van der Waals surface area contributed by atoms with E-state index in [1.807, 2.05) is 36.4 Å². The quantitative estimate of drug-likeness (QED) is 0.352. The highest BCUT2D eigenvalue weighted by Gasteiger charge is 2.36. The number of halogens is 3. The van der Waals surface area contributed by atoms with Crippen molar-refractivity contribution in [2.24, 2.45) is 0 Å². The smallest absolute Gasteiger partial charge is 0.418 e. The molecule has 38 heavy (non-hydrogen) atoms. The first-order valence-electron chi connectivity index (χ1n) is 12.2. The fourth-order valence-electron chi connectivity index (χ4n) is 5.01. The van der Waals surface area contributed by atoms with Crippen molar-refractivity contribution in [1.82, 2.24) is 19.7 Å². The molecule has 6 rings (SSSR count). The van der Waals surface area contributed by atoms with Crippen molar-refractivity contribution in [2.75, 3.05) is 38.2 Å². The van der Waals surface area contributed by atoms with E-state index in [0.29, 0.717) is 37.2 Å². The van der Waals surface area contributed by atoms with Gasteiger partial charge in [0.05, 0.1) is 29.9 Å². The van der Waals surface area contributed by atoms with Crippen molar-refractivity contribution in [3.63, 3.8) is 0 Å². The predicted octanol–water partition coefficient (Wildman–Crippen LogP) is 4.95. The van der Waals surface area contributed by atoms with Gasteiger partial charge in [-0.3, -0.25) is 9.20 Å². The Morgan fingerprint density at radius 3 is 2.32 bits per heavy atom. The molecular weight excluding hydrogens is 495 g/mol. The van der Waals surface area contributed by atoms with Crippen LogP contribution in [0, 0.1) is 0 Å². The van der Waals surface area contributed by atoms with Gasteiger partial charge in [0.2, 0.25) is 0 Å². The van der Waals surface area contributed by atoms with E-state index in [1.54, 1.807) is 28.5 Å². The molecule has 1 fully saturated rings. The summed E-state index contributed by atoms with van der Waals surface area (Å²) in [6.45, 7) is 2.22. The van der Waals surface area contributed by atoms with Crippen LogP contribution in [0.25, 0.3) is 39.1 Å². The molecule has 3 aromatic carbocycles. The first-order valence-corrected chi connectivity index (χ1v) is 12.2. The van der Waals surface area contributed by atoms with Gasteiger partial charge in [-0.15, -0.1) is 0 Å². The topological polar surface area (TPSA) is 74.7 Å². The number of nitrogens with one attached hydrogen (secondary N) is 2. The van der Waals surface area contributed by atoms with Crippen molar-refractivity contribution >= 4 is 22.2 Å². The van der Waals surface area contributed by atoms with E-state index in [4.69, 9.17) is 4.74 Å². The molecule has 0 unspecified atom stereocenters. The van der Waals surface area contributed by atoms with Gasteiger partial charge >= 0.3 is 6.18 Å². The van der Waals surface area contributed by atoms with E-state index >= 15 is 0 Å². The number of hydrogen-bond donors (Lipinski definition) is 2. The molecule has 0 atom stereocenters. The van der Waals surface area contributed by atoms with Crippen LogP contribution in [0.5, 0.6) is 5.75 Å². The molecule has 194 valence electrons. The summed E-state index contributed by atoms with van der Waals surface area (Å²) in [4.78, 5) is 21.8. The molecule has 0 radical (unpaired) electrons. The SMILES string of the molecule is COc1ccc(-c2ccc3[nH]c(=O)c4cnc(-c5ccc(N6CCNCC6)c(C(F)(F)F)c5)n4c3c2)cc1. The highest BCUT2D eigenvalue weighted by Crippen LogP contribution is 2.39. The van der Waals surface area contributed by atoms with Crippen LogP contribution in [0.4, 0.5) is 18.9 Å². The minimum Gasteiger partial charge on any atom is -0.497 e. The fourth-order valence-corrected chi connectivity index (χ4v) is 5.01. The molecule has 10 heteroatoms. The Bertz CT molecular complexity index is 1700. The average Bonchev–Trinajstić information content (AvgIpc) is 3.39. The van der Waals surface area contributed by atoms with Gasteiger partial charge in [0, 0.05) is 37.4 Å². The number of alkyl halides is 3. The average molecular weight is 520 g/mol. The first-order chi connectivity index (χ1) is 18.3. The Labute approximate surface area is 215 Å². The van der Waals surface area contributed by atoms with Crippen LogP contribution in [0.3, 0.4) is 0 Å². The number of rotatable bonds is 4. The largest absolute Gasteiger partial charge is 0.497 e. The van der Waals surface area contributed by atoms with Crippen molar-refractivity contribution < 1.29 is 17.9 Å². The van der Waals surface area contributed by atoms with Gasteiger partial charge in [-0.05, 0) is 53.6 Å². The Hall–Kier alpha value is -4.31. The third kappa shape index (κ3) is 4.16. The van der Waals surface area contributed by atoms with Gasteiger partial charge in [0.15, 0.2) is 0 Å². The van der Waals surface area contributed by atoms with Crippen LogP contribution < -0.4 is 20.5 Å². The molecule has 2 aromatic heterocycles. The van der Waals surface area contributed by atoms with E-state index in [-0.39, 0.29) is 28.2 Å². The highest BCUT2D eigenvalue weighted by atomic mass is 19.4. The number of ether oxygens (including phenoxy) is 1. The predicted molar refractivity (Wildman–Crippen MR) is 141 cm³/mol. The van der Waals surface area contributed by atoms with Gasteiger partial charge in [-0.1, -0.05) is 18.2 Å². The molecule has 3 heterocycles. The molecule has 0 saturated carbocycles. The lowest BCUT2D eigenvalue weighted by Gasteiger charge is -2.31. The molecule has 2 N–H and O–H groups in total. The standard InChI is InChI=1S/C28H24F3N5O2/c1-38-20-6-2-17(3-7-20)18-4-8-22-24(15-18)36-25(27(37)34-22)16-33-26(36)19-5-9-23(21(14-19)28(29,30)31)35-12-10-32-11-13-35/h2-9,14-16,32H,10-13H2,1H3,(H,34,37). The lowest BCUT2D eigenvalue weighted by Crippen LogP contribution is -2.44. The summed E-state index contributed by atoms with van der Waals surface area (Å²) in [5, 5.41) is 3.17.